The smallest absolute Gasteiger partial charge is 0.225 e. The molecule has 0 saturated carbocycles. The second-order valence-corrected chi connectivity index (χ2v) is 7.76. The van der Waals surface area contributed by atoms with Crippen molar-refractivity contribution in [1.82, 2.24) is 9.97 Å². The number of anilines is 2. The zero-order valence-corrected chi connectivity index (χ0v) is 17.2. The Balaban J connectivity index is 1.57. The minimum Gasteiger partial charge on any atom is -0.369 e. The molecule has 31 heavy (non-hydrogen) atoms. The van der Waals surface area contributed by atoms with Gasteiger partial charge in [-0.05, 0) is 54.8 Å². The summed E-state index contributed by atoms with van der Waals surface area (Å²) in [5.74, 6) is -1.25. The van der Waals surface area contributed by atoms with Gasteiger partial charge >= 0.3 is 0 Å². The number of benzene rings is 2. The first-order chi connectivity index (χ1) is 14.9. The molecule has 0 saturated heterocycles. The zero-order valence-electron chi connectivity index (χ0n) is 17.2. The predicted octanol–water partition coefficient (Wildman–Crippen LogP) is 6.33. The predicted molar refractivity (Wildman–Crippen MR) is 118 cm³/mol. The van der Waals surface area contributed by atoms with E-state index < -0.39 is 11.7 Å². The van der Waals surface area contributed by atoms with Crippen LogP contribution in [-0.2, 0) is 0 Å². The van der Waals surface area contributed by atoms with Crippen LogP contribution in [0.4, 0.5) is 24.9 Å². The molecule has 0 aliphatic heterocycles. The van der Waals surface area contributed by atoms with E-state index in [4.69, 9.17) is 0 Å². The van der Waals surface area contributed by atoms with Gasteiger partial charge in [-0.3, -0.25) is 0 Å². The monoisotopic (exact) mass is 424 g/mol. The largest absolute Gasteiger partial charge is 0.369 e. The van der Waals surface area contributed by atoms with Crippen LogP contribution >= 0.6 is 0 Å². The molecule has 1 heterocycles. The second kappa shape index (κ2) is 8.79. The van der Waals surface area contributed by atoms with Gasteiger partial charge in [-0.15, -0.1) is 0 Å². The van der Waals surface area contributed by atoms with E-state index >= 15 is 0 Å². The average molecular weight is 424 g/mol. The van der Waals surface area contributed by atoms with Gasteiger partial charge in [-0.25, -0.2) is 18.2 Å². The van der Waals surface area contributed by atoms with Crippen LogP contribution in [0, 0.1) is 17.7 Å². The fourth-order valence-corrected chi connectivity index (χ4v) is 3.62. The molecule has 3 unspecified atom stereocenters. The summed E-state index contributed by atoms with van der Waals surface area (Å²) in [6, 6.07) is 13.7. The normalized spacial score (nSPS) is 19.5. The van der Waals surface area contributed by atoms with Gasteiger partial charge in [-0.1, -0.05) is 31.2 Å². The maximum absolute atomic E-state index is 13.7. The summed E-state index contributed by atoms with van der Waals surface area (Å²) in [5, 5.41) is 7.37. The zero-order chi connectivity index (χ0) is 22.0. The number of aromatic nitrogens is 2. The minimum absolute atomic E-state index is 0.141. The van der Waals surface area contributed by atoms with Gasteiger partial charge in [0.1, 0.15) is 11.6 Å². The lowest BCUT2D eigenvalue weighted by Crippen LogP contribution is -2.22. The number of hydrogen-bond acceptors (Lipinski definition) is 4. The molecule has 4 nitrogen and oxygen atoms in total. The number of halogens is 3. The molecule has 7 heteroatoms. The molecule has 0 fully saturated rings. The number of rotatable bonds is 6. The Morgan fingerprint density at radius 2 is 1.65 bits per heavy atom. The Morgan fingerprint density at radius 1 is 0.935 bits per heavy atom. The fourth-order valence-electron chi connectivity index (χ4n) is 3.62. The molecule has 0 bridgehead atoms. The summed E-state index contributed by atoms with van der Waals surface area (Å²) in [6.07, 6.45) is 2.61. The maximum atomic E-state index is 13.7. The third-order valence-electron chi connectivity index (χ3n) is 5.50. The Kier molecular flexibility index (Phi) is 5.93. The number of fused-ring (bicyclic) bond motifs is 1. The lowest BCUT2D eigenvalue weighted by atomic mass is 9.89. The van der Waals surface area contributed by atoms with Gasteiger partial charge in [0.05, 0.1) is 11.6 Å². The molecule has 0 spiro atoms. The summed E-state index contributed by atoms with van der Waals surface area (Å²) < 4.78 is 40.4. The van der Waals surface area contributed by atoms with Crippen molar-refractivity contribution in [3.8, 4) is 0 Å². The molecule has 2 aromatic carbocycles. The van der Waals surface area contributed by atoms with E-state index in [9.17, 15) is 13.2 Å². The third kappa shape index (κ3) is 4.71. The van der Waals surface area contributed by atoms with E-state index in [1.165, 1.54) is 24.3 Å². The van der Waals surface area contributed by atoms with Crippen molar-refractivity contribution in [3.05, 3.63) is 83.7 Å². The number of para-hydroxylation sites is 1. The molecule has 1 aliphatic rings. The van der Waals surface area contributed by atoms with Crippen molar-refractivity contribution in [2.24, 2.45) is 11.8 Å². The van der Waals surface area contributed by atoms with Gasteiger partial charge in [0.15, 0.2) is 11.7 Å². The Labute approximate surface area is 178 Å². The van der Waals surface area contributed by atoms with Gasteiger partial charge in [0.2, 0.25) is 5.95 Å². The second-order valence-electron chi connectivity index (χ2n) is 7.76. The maximum Gasteiger partial charge on any atom is 0.225 e. The molecule has 0 amide bonds. The number of nitrogens with zero attached hydrogens (tertiary/aromatic N) is 2. The highest BCUT2D eigenvalue weighted by molar-refractivity contribution is 5.90. The van der Waals surface area contributed by atoms with Crippen LogP contribution in [-0.4, -0.2) is 16.5 Å². The molecule has 160 valence electrons. The van der Waals surface area contributed by atoms with Crippen LogP contribution in [0.15, 0.2) is 72.3 Å². The molecule has 3 aromatic rings. The standard InChI is InChI=1S/C24H23F3N4/c1-14-11-20(26)21(27)12-17(14)13-28-23-19-5-3-4-6-22(19)30-24(31-23)29-15(2)16-7-9-18(25)10-8-16/h3-12,14-15,17H,13H2,1-2H3,(H2,28,29,30,31). The first kappa shape index (κ1) is 20.9. The molecular formula is C24H23F3N4. The van der Waals surface area contributed by atoms with Crippen LogP contribution in [0.3, 0.4) is 0 Å². The number of hydrogen-bond donors (Lipinski definition) is 2. The SMILES string of the molecule is CC(Nc1nc(NCC2C=C(F)C(F)=CC2C)c2ccccc2n1)c1ccc(F)cc1. The molecule has 4 rings (SSSR count). The lowest BCUT2D eigenvalue weighted by molar-refractivity contribution is 0.452. The quantitative estimate of drug-likeness (QED) is 0.486. The van der Waals surface area contributed by atoms with Gasteiger partial charge < -0.3 is 10.6 Å². The van der Waals surface area contributed by atoms with E-state index in [0.717, 1.165) is 16.5 Å². The summed E-state index contributed by atoms with van der Waals surface area (Å²) in [7, 11) is 0. The lowest BCUT2D eigenvalue weighted by Gasteiger charge is -2.23. The van der Waals surface area contributed by atoms with E-state index in [1.807, 2.05) is 38.1 Å². The number of nitrogens with one attached hydrogen (secondary N) is 2. The highest BCUT2D eigenvalue weighted by Crippen LogP contribution is 2.30. The van der Waals surface area contributed by atoms with E-state index in [-0.39, 0.29) is 23.7 Å². The number of allylic oxidation sites excluding steroid dienone is 3. The van der Waals surface area contributed by atoms with Crippen molar-refractivity contribution >= 4 is 22.7 Å². The topological polar surface area (TPSA) is 49.8 Å². The molecule has 3 atom stereocenters. The highest BCUT2D eigenvalue weighted by atomic mass is 19.2. The molecule has 1 aliphatic carbocycles. The van der Waals surface area contributed by atoms with Crippen LogP contribution in [0.2, 0.25) is 0 Å². The van der Waals surface area contributed by atoms with Crippen molar-refractivity contribution < 1.29 is 13.2 Å². The molecule has 0 radical (unpaired) electrons. The van der Waals surface area contributed by atoms with Crippen molar-refractivity contribution in [3.63, 3.8) is 0 Å². The van der Waals surface area contributed by atoms with Crippen LogP contribution < -0.4 is 10.6 Å². The molecule has 2 N–H and O–H groups in total. The van der Waals surface area contributed by atoms with Gasteiger partial charge in [-0.2, -0.15) is 4.98 Å². The van der Waals surface area contributed by atoms with Crippen LogP contribution in [0.5, 0.6) is 0 Å². The first-order valence-electron chi connectivity index (χ1n) is 10.2. The van der Waals surface area contributed by atoms with Crippen molar-refractivity contribution in [2.75, 3.05) is 17.2 Å². The third-order valence-corrected chi connectivity index (χ3v) is 5.50. The Hall–Kier alpha value is -3.35. The fraction of sp³-hybridized carbons (Fsp3) is 0.250. The molecule has 1 aromatic heterocycles. The summed E-state index contributed by atoms with van der Waals surface area (Å²) in [4.78, 5) is 9.20. The van der Waals surface area contributed by atoms with E-state index in [0.29, 0.717) is 18.3 Å². The van der Waals surface area contributed by atoms with Gasteiger partial charge in [0, 0.05) is 17.8 Å². The van der Waals surface area contributed by atoms with Gasteiger partial charge in [0.25, 0.3) is 0 Å². The summed E-state index contributed by atoms with van der Waals surface area (Å²) in [6.45, 7) is 4.19. The van der Waals surface area contributed by atoms with Crippen LogP contribution in [0.1, 0.15) is 25.5 Å². The van der Waals surface area contributed by atoms with E-state index in [2.05, 4.69) is 20.6 Å². The van der Waals surface area contributed by atoms with Crippen LogP contribution in [0.25, 0.3) is 10.9 Å². The minimum atomic E-state index is -0.826. The summed E-state index contributed by atoms with van der Waals surface area (Å²) in [5.41, 5.74) is 1.65. The van der Waals surface area contributed by atoms with E-state index in [1.54, 1.807) is 12.1 Å². The highest BCUT2D eigenvalue weighted by Gasteiger charge is 2.22. The van der Waals surface area contributed by atoms with Crippen molar-refractivity contribution in [1.29, 1.82) is 0 Å². The first-order valence-corrected chi connectivity index (χ1v) is 10.2. The Morgan fingerprint density at radius 3 is 2.42 bits per heavy atom. The summed E-state index contributed by atoms with van der Waals surface area (Å²) >= 11 is 0. The Bertz CT molecular complexity index is 1140. The molecular weight excluding hydrogens is 401 g/mol. The average Bonchev–Trinajstić information content (AvgIpc) is 2.75. The van der Waals surface area contributed by atoms with Crippen molar-refractivity contribution in [2.45, 2.75) is 19.9 Å².